The summed E-state index contributed by atoms with van der Waals surface area (Å²) in [5, 5.41) is 9.56. The monoisotopic (exact) mass is 246 g/mol. The fourth-order valence-electron chi connectivity index (χ4n) is 1.16. The zero-order valence-corrected chi connectivity index (χ0v) is 8.98. The minimum absolute atomic E-state index is 0.197. The average molecular weight is 246 g/mol. The molecule has 6 nitrogen and oxygen atoms in total. The third-order valence-corrected chi connectivity index (χ3v) is 2.20. The Labute approximate surface area is 92.4 Å². The van der Waals surface area contributed by atoms with E-state index in [1.54, 1.807) is 0 Å². The number of aromatic hydroxyl groups is 1. The number of benzene rings is 1. The first-order valence-corrected chi connectivity index (χ1v) is 5.72. The van der Waals surface area contributed by atoms with Gasteiger partial charge in [0, 0.05) is 6.42 Å². The molecule has 0 bridgehead atoms. The van der Waals surface area contributed by atoms with Crippen LogP contribution in [-0.2, 0) is 21.6 Å². The van der Waals surface area contributed by atoms with Gasteiger partial charge in [0.1, 0.15) is 6.29 Å². The highest BCUT2D eigenvalue weighted by atomic mass is 32.3. The van der Waals surface area contributed by atoms with Crippen molar-refractivity contribution in [3.63, 3.8) is 0 Å². The molecule has 0 amide bonds. The number of para-hydroxylation sites is 1. The van der Waals surface area contributed by atoms with Gasteiger partial charge in [-0.2, -0.15) is 8.42 Å². The molecule has 0 heterocycles. The fourth-order valence-corrected chi connectivity index (χ4v) is 1.53. The van der Waals surface area contributed by atoms with Crippen LogP contribution in [0.25, 0.3) is 0 Å². The molecule has 0 aliphatic rings. The summed E-state index contributed by atoms with van der Waals surface area (Å²) in [5.41, 5.74) is 0.369. The van der Waals surface area contributed by atoms with Crippen LogP contribution in [0, 0.1) is 0 Å². The summed E-state index contributed by atoms with van der Waals surface area (Å²) in [6, 6.07) is 4.16. The van der Waals surface area contributed by atoms with Crippen molar-refractivity contribution in [3.8, 4) is 11.5 Å². The predicted octanol–water partition coefficient (Wildman–Crippen LogP) is 0.705. The van der Waals surface area contributed by atoms with Crippen molar-refractivity contribution in [3.05, 3.63) is 23.8 Å². The smallest absolute Gasteiger partial charge is 0.446 e. The summed E-state index contributed by atoms with van der Waals surface area (Å²) in [4.78, 5) is 10.2. The van der Waals surface area contributed by atoms with Crippen LogP contribution in [0.4, 0.5) is 0 Å². The number of phenols is 1. The molecule has 0 radical (unpaired) electrons. The van der Waals surface area contributed by atoms with Crippen molar-refractivity contribution < 1.29 is 27.1 Å². The minimum Gasteiger partial charge on any atom is -0.504 e. The molecule has 0 aliphatic carbocycles. The van der Waals surface area contributed by atoms with Gasteiger partial charge in [-0.1, -0.05) is 12.1 Å². The average Bonchev–Trinajstić information content (AvgIpc) is 2.17. The lowest BCUT2D eigenvalue weighted by atomic mass is 10.1. The lowest BCUT2D eigenvalue weighted by molar-refractivity contribution is -0.107. The molecule has 0 saturated heterocycles. The lowest BCUT2D eigenvalue weighted by Gasteiger charge is -2.07. The molecular weight excluding hydrogens is 236 g/mol. The first-order valence-electron chi connectivity index (χ1n) is 4.35. The maximum atomic E-state index is 10.4. The summed E-state index contributed by atoms with van der Waals surface area (Å²) < 4.78 is 33.5. The van der Waals surface area contributed by atoms with Crippen LogP contribution < -0.4 is 4.18 Å². The third-order valence-electron chi connectivity index (χ3n) is 1.81. The van der Waals surface area contributed by atoms with E-state index in [4.69, 9.17) is 4.55 Å². The van der Waals surface area contributed by atoms with Crippen molar-refractivity contribution in [2.45, 2.75) is 12.8 Å². The molecule has 7 heteroatoms. The summed E-state index contributed by atoms with van der Waals surface area (Å²) in [6.07, 6.45) is 1.14. The van der Waals surface area contributed by atoms with Crippen LogP contribution in [0.2, 0.25) is 0 Å². The topological polar surface area (TPSA) is 101 Å². The number of hydrogen-bond acceptors (Lipinski definition) is 5. The molecule has 1 rings (SSSR count). The molecule has 0 aromatic heterocycles. The second kappa shape index (κ2) is 4.95. The first-order chi connectivity index (χ1) is 7.44. The molecule has 1 aromatic rings. The highest BCUT2D eigenvalue weighted by molar-refractivity contribution is 7.81. The number of carbonyl (C=O) groups excluding carboxylic acids is 1. The van der Waals surface area contributed by atoms with Gasteiger partial charge in [0.2, 0.25) is 0 Å². The molecule has 0 spiro atoms. The Morgan fingerprint density at radius 3 is 2.62 bits per heavy atom. The number of carbonyl (C=O) groups is 1. The number of hydrogen-bond donors (Lipinski definition) is 2. The van der Waals surface area contributed by atoms with E-state index in [1.807, 2.05) is 0 Å². The number of aldehydes is 1. The Bertz CT molecular complexity index is 479. The molecular formula is C9H10O6S. The molecule has 0 saturated carbocycles. The standard InChI is InChI=1S/C9H10O6S/c10-6-2-4-7-3-1-5-8(9(7)11)15-16(12,13)14/h1,3,5-6,11H,2,4H2,(H,12,13,14). The van der Waals surface area contributed by atoms with Gasteiger partial charge in [-0.15, -0.1) is 0 Å². The summed E-state index contributed by atoms with van der Waals surface area (Å²) in [5.74, 6) is -0.770. The zero-order valence-electron chi connectivity index (χ0n) is 8.16. The Morgan fingerprint density at radius 2 is 2.06 bits per heavy atom. The lowest BCUT2D eigenvalue weighted by Crippen LogP contribution is -2.07. The number of aryl methyl sites for hydroxylation is 1. The normalized spacial score (nSPS) is 11.1. The van der Waals surface area contributed by atoms with Crippen LogP contribution in [0.15, 0.2) is 18.2 Å². The largest absolute Gasteiger partial charge is 0.504 e. The van der Waals surface area contributed by atoms with Gasteiger partial charge in [0.15, 0.2) is 11.5 Å². The fraction of sp³-hybridized carbons (Fsp3) is 0.222. The maximum absolute atomic E-state index is 10.4. The van der Waals surface area contributed by atoms with E-state index in [1.165, 1.54) is 18.2 Å². The maximum Gasteiger partial charge on any atom is 0.446 e. The van der Waals surface area contributed by atoms with Crippen molar-refractivity contribution in [1.29, 1.82) is 0 Å². The second-order valence-electron chi connectivity index (χ2n) is 2.98. The predicted molar refractivity (Wildman–Crippen MR) is 54.7 cm³/mol. The van der Waals surface area contributed by atoms with E-state index in [0.29, 0.717) is 11.8 Å². The van der Waals surface area contributed by atoms with Crippen LogP contribution in [0.3, 0.4) is 0 Å². The molecule has 2 N–H and O–H groups in total. The highest BCUT2D eigenvalue weighted by Crippen LogP contribution is 2.31. The molecule has 88 valence electrons. The van der Waals surface area contributed by atoms with Gasteiger partial charge in [-0.05, 0) is 18.1 Å². The van der Waals surface area contributed by atoms with Crippen molar-refractivity contribution >= 4 is 16.7 Å². The summed E-state index contributed by atoms with van der Waals surface area (Å²) >= 11 is 0. The summed E-state index contributed by atoms with van der Waals surface area (Å²) in [6.45, 7) is 0. The van der Waals surface area contributed by atoms with E-state index in [2.05, 4.69) is 4.18 Å². The molecule has 1 aromatic carbocycles. The van der Waals surface area contributed by atoms with Crippen LogP contribution >= 0.6 is 0 Å². The Balaban J connectivity index is 2.99. The Morgan fingerprint density at radius 1 is 1.38 bits per heavy atom. The van der Waals surface area contributed by atoms with Gasteiger partial charge in [0.25, 0.3) is 0 Å². The van der Waals surface area contributed by atoms with Crippen molar-refractivity contribution in [1.82, 2.24) is 0 Å². The van der Waals surface area contributed by atoms with Gasteiger partial charge in [0.05, 0.1) is 0 Å². The number of rotatable bonds is 5. The highest BCUT2D eigenvalue weighted by Gasteiger charge is 2.13. The van der Waals surface area contributed by atoms with Crippen LogP contribution in [-0.4, -0.2) is 24.4 Å². The van der Waals surface area contributed by atoms with Crippen LogP contribution in [0.5, 0.6) is 11.5 Å². The minimum atomic E-state index is -4.67. The first kappa shape index (κ1) is 12.5. The molecule has 0 fully saturated rings. The quantitative estimate of drug-likeness (QED) is 0.586. The Kier molecular flexibility index (Phi) is 3.86. The van der Waals surface area contributed by atoms with Gasteiger partial charge < -0.3 is 14.1 Å². The number of phenolic OH excluding ortho intramolecular Hbond substituents is 1. The zero-order chi connectivity index (χ0) is 12.2. The second-order valence-corrected chi connectivity index (χ2v) is 4.00. The van der Waals surface area contributed by atoms with Gasteiger partial charge >= 0.3 is 10.4 Å². The molecule has 0 unspecified atom stereocenters. The SMILES string of the molecule is O=CCCc1cccc(OS(=O)(=O)O)c1O. The molecule has 16 heavy (non-hydrogen) atoms. The van der Waals surface area contributed by atoms with Gasteiger partial charge in [-0.3, -0.25) is 4.55 Å². The van der Waals surface area contributed by atoms with Crippen molar-refractivity contribution in [2.75, 3.05) is 0 Å². The van der Waals surface area contributed by atoms with E-state index < -0.39 is 16.1 Å². The van der Waals surface area contributed by atoms with Crippen LogP contribution in [0.1, 0.15) is 12.0 Å². The van der Waals surface area contributed by atoms with Gasteiger partial charge in [-0.25, -0.2) is 0 Å². The van der Waals surface area contributed by atoms with E-state index >= 15 is 0 Å². The van der Waals surface area contributed by atoms with Crippen molar-refractivity contribution in [2.24, 2.45) is 0 Å². The third kappa shape index (κ3) is 3.52. The molecule has 0 aliphatic heterocycles. The van der Waals surface area contributed by atoms with E-state index in [9.17, 15) is 18.3 Å². The van der Waals surface area contributed by atoms with E-state index in [0.717, 1.165) is 0 Å². The Hall–Kier alpha value is -1.60. The molecule has 0 atom stereocenters. The summed E-state index contributed by atoms with van der Waals surface area (Å²) in [7, 11) is -4.67. The van der Waals surface area contributed by atoms with E-state index in [-0.39, 0.29) is 18.6 Å².